The van der Waals surface area contributed by atoms with Gasteiger partial charge in [0, 0.05) is 31.6 Å². The van der Waals surface area contributed by atoms with Crippen molar-refractivity contribution in [2.75, 3.05) is 23.7 Å². The Hall–Kier alpha value is -4.29. The quantitative estimate of drug-likeness (QED) is 0.442. The van der Waals surface area contributed by atoms with Gasteiger partial charge in [0.2, 0.25) is 11.8 Å². The molecule has 3 aromatic heterocycles. The summed E-state index contributed by atoms with van der Waals surface area (Å²) in [4.78, 5) is 10.4. The first kappa shape index (κ1) is 22.2. The van der Waals surface area contributed by atoms with Crippen LogP contribution in [0.1, 0.15) is 47.4 Å². The van der Waals surface area contributed by atoms with Crippen LogP contribution in [0.25, 0.3) is 23.1 Å². The zero-order chi connectivity index (χ0) is 24.9. The van der Waals surface area contributed by atoms with Crippen molar-refractivity contribution in [3.63, 3.8) is 0 Å². The molecule has 13 heteroatoms. The SMILES string of the molecule is Nc1ncc(-c2nnc(N3CCC(c4nnc(C(F)(F)F)o4)CC3)o2)c(C2=Cc3ccccc3C2)n1. The Morgan fingerprint density at radius 2 is 1.81 bits per heavy atom. The van der Waals surface area contributed by atoms with Gasteiger partial charge in [0.1, 0.15) is 0 Å². The fourth-order valence-corrected chi connectivity index (χ4v) is 4.51. The molecule has 0 radical (unpaired) electrons. The Morgan fingerprint density at radius 3 is 2.56 bits per heavy atom. The lowest BCUT2D eigenvalue weighted by Gasteiger charge is -2.28. The van der Waals surface area contributed by atoms with E-state index >= 15 is 0 Å². The molecule has 2 aliphatic rings. The highest BCUT2D eigenvalue weighted by Gasteiger charge is 2.39. The third-order valence-corrected chi connectivity index (χ3v) is 6.32. The number of alkyl halides is 3. The summed E-state index contributed by atoms with van der Waals surface area (Å²) in [6.07, 6.45) is 0.661. The van der Waals surface area contributed by atoms with Crippen molar-refractivity contribution in [3.05, 3.63) is 59.1 Å². The largest absolute Gasteiger partial charge is 0.470 e. The van der Waals surface area contributed by atoms with Crippen molar-refractivity contribution in [1.82, 2.24) is 30.4 Å². The predicted molar refractivity (Wildman–Crippen MR) is 121 cm³/mol. The molecule has 0 spiro atoms. The van der Waals surface area contributed by atoms with E-state index in [9.17, 15) is 13.2 Å². The van der Waals surface area contributed by atoms with Crippen molar-refractivity contribution in [1.29, 1.82) is 0 Å². The van der Waals surface area contributed by atoms with E-state index in [4.69, 9.17) is 14.6 Å². The Bertz CT molecular complexity index is 1450. The number of fused-ring (bicyclic) bond motifs is 1. The average molecular weight is 496 g/mol. The Kier molecular flexibility index (Phi) is 5.20. The van der Waals surface area contributed by atoms with Crippen LogP contribution < -0.4 is 10.6 Å². The molecular formula is C23H19F3N8O2. The monoisotopic (exact) mass is 496 g/mol. The van der Waals surface area contributed by atoms with Crippen molar-refractivity contribution in [2.45, 2.75) is 31.4 Å². The number of hydrogen-bond acceptors (Lipinski definition) is 10. The average Bonchev–Trinajstić information content (AvgIpc) is 3.63. The third kappa shape index (κ3) is 4.06. The van der Waals surface area contributed by atoms with E-state index in [1.54, 1.807) is 6.20 Å². The number of anilines is 2. The molecule has 1 fully saturated rings. The number of aromatic nitrogens is 6. The summed E-state index contributed by atoms with van der Waals surface area (Å²) < 4.78 is 49.1. The number of nitrogen functional groups attached to an aromatic ring is 1. The van der Waals surface area contributed by atoms with Crippen LogP contribution in [0, 0.1) is 0 Å². The zero-order valence-corrected chi connectivity index (χ0v) is 18.7. The third-order valence-electron chi connectivity index (χ3n) is 6.32. The molecule has 10 nitrogen and oxygen atoms in total. The first-order valence-corrected chi connectivity index (χ1v) is 11.3. The summed E-state index contributed by atoms with van der Waals surface area (Å²) in [6.45, 7) is 0.948. The molecule has 6 rings (SSSR count). The van der Waals surface area contributed by atoms with Gasteiger partial charge in [-0.15, -0.1) is 15.3 Å². The Morgan fingerprint density at radius 1 is 1.00 bits per heavy atom. The van der Waals surface area contributed by atoms with Crippen molar-refractivity contribution in [3.8, 4) is 11.5 Å². The summed E-state index contributed by atoms with van der Waals surface area (Å²) in [5, 5.41) is 15.1. The normalized spacial score (nSPS) is 16.3. The molecule has 0 bridgehead atoms. The van der Waals surface area contributed by atoms with Gasteiger partial charge in [-0.2, -0.15) is 13.2 Å². The second kappa shape index (κ2) is 8.43. The van der Waals surface area contributed by atoms with Gasteiger partial charge in [-0.3, -0.25) is 0 Å². The lowest BCUT2D eigenvalue weighted by molar-refractivity contribution is -0.157. The summed E-state index contributed by atoms with van der Waals surface area (Å²) in [6, 6.07) is 8.38. The van der Waals surface area contributed by atoms with Gasteiger partial charge in [0.15, 0.2) is 0 Å². The van der Waals surface area contributed by atoms with Crippen molar-refractivity contribution in [2.24, 2.45) is 0 Å². The van der Waals surface area contributed by atoms with Gasteiger partial charge in [-0.25, -0.2) is 9.97 Å². The number of halogens is 3. The van der Waals surface area contributed by atoms with Crippen LogP contribution >= 0.6 is 0 Å². The molecule has 36 heavy (non-hydrogen) atoms. The first-order chi connectivity index (χ1) is 17.3. The maximum Gasteiger partial charge on any atom is 0.470 e. The first-order valence-electron chi connectivity index (χ1n) is 11.3. The van der Waals surface area contributed by atoms with Crippen LogP contribution in [-0.2, 0) is 12.6 Å². The molecular weight excluding hydrogens is 477 g/mol. The van der Waals surface area contributed by atoms with Crippen LogP contribution in [0.2, 0.25) is 0 Å². The molecule has 184 valence electrons. The van der Waals surface area contributed by atoms with E-state index in [1.807, 2.05) is 23.1 Å². The second-order valence-electron chi connectivity index (χ2n) is 8.63. The van der Waals surface area contributed by atoms with Crippen LogP contribution in [0.15, 0.2) is 39.3 Å². The van der Waals surface area contributed by atoms with Gasteiger partial charge in [0.05, 0.1) is 11.3 Å². The second-order valence-corrected chi connectivity index (χ2v) is 8.63. The molecule has 0 saturated carbocycles. The van der Waals surface area contributed by atoms with Crippen molar-refractivity contribution < 1.29 is 22.0 Å². The molecule has 1 saturated heterocycles. The van der Waals surface area contributed by atoms with Gasteiger partial charge >= 0.3 is 18.1 Å². The zero-order valence-electron chi connectivity index (χ0n) is 18.7. The minimum absolute atomic E-state index is 0.0114. The number of allylic oxidation sites excluding steroid dienone is 1. The van der Waals surface area contributed by atoms with Gasteiger partial charge < -0.3 is 19.5 Å². The number of rotatable bonds is 4. The number of piperidine rings is 1. The van der Waals surface area contributed by atoms with Gasteiger partial charge in [-0.1, -0.05) is 29.4 Å². The fourth-order valence-electron chi connectivity index (χ4n) is 4.51. The summed E-state index contributed by atoms with van der Waals surface area (Å²) in [5.74, 6) is -1.22. The standard InChI is InChI=1S/C23H19F3N8O2/c24-23(25,26)20-32-30-18(35-20)12-5-7-34(8-6-12)22-33-31-19(36-22)16-11-28-21(27)29-17(16)15-9-13-3-1-2-4-14(13)10-15/h1-4,9,11-12H,5-8,10H2,(H2,27,28,29). The lowest BCUT2D eigenvalue weighted by atomic mass is 9.97. The smallest absolute Gasteiger partial charge is 0.417 e. The van der Waals surface area contributed by atoms with Crippen LogP contribution in [0.3, 0.4) is 0 Å². The number of hydrogen-bond donors (Lipinski definition) is 1. The van der Waals surface area contributed by atoms with E-state index in [-0.39, 0.29) is 23.6 Å². The maximum atomic E-state index is 12.8. The molecule has 1 aliphatic carbocycles. The topological polar surface area (TPSA) is 133 Å². The summed E-state index contributed by atoms with van der Waals surface area (Å²) >= 11 is 0. The van der Waals surface area contributed by atoms with E-state index in [1.165, 1.54) is 5.56 Å². The molecule has 0 unspecified atom stereocenters. The molecule has 0 atom stereocenters. The lowest BCUT2D eigenvalue weighted by Crippen LogP contribution is -2.33. The molecule has 1 aromatic carbocycles. The van der Waals surface area contributed by atoms with E-state index in [0.717, 1.165) is 11.1 Å². The summed E-state index contributed by atoms with van der Waals surface area (Å²) in [5.41, 5.74) is 10.4. The van der Waals surface area contributed by atoms with E-state index < -0.39 is 12.1 Å². The maximum absolute atomic E-state index is 12.8. The van der Waals surface area contributed by atoms with Gasteiger partial charge in [-0.05, 0) is 35.6 Å². The minimum Gasteiger partial charge on any atom is -0.417 e. The van der Waals surface area contributed by atoms with Crippen LogP contribution in [-0.4, -0.2) is 43.5 Å². The van der Waals surface area contributed by atoms with Crippen molar-refractivity contribution >= 4 is 23.6 Å². The minimum atomic E-state index is -4.66. The number of nitrogens with two attached hydrogens (primary N) is 1. The highest BCUT2D eigenvalue weighted by Crippen LogP contribution is 2.37. The Labute approximate surface area is 202 Å². The highest BCUT2D eigenvalue weighted by molar-refractivity contribution is 5.91. The molecule has 2 N–H and O–H groups in total. The van der Waals surface area contributed by atoms with Crippen LogP contribution in [0.4, 0.5) is 25.1 Å². The fraction of sp³-hybridized carbons (Fsp3) is 0.304. The molecule has 4 aromatic rings. The van der Waals surface area contributed by atoms with E-state index in [2.05, 4.69) is 42.5 Å². The Balaban J connectivity index is 1.20. The van der Waals surface area contributed by atoms with Gasteiger partial charge in [0.25, 0.3) is 5.89 Å². The van der Waals surface area contributed by atoms with E-state index in [0.29, 0.717) is 49.6 Å². The number of nitrogens with zero attached hydrogens (tertiary/aromatic N) is 7. The predicted octanol–water partition coefficient (Wildman–Crippen LogP) is 3.99. The molecule has 1 aliphatic heterocycles. The highest BCUT2D eigenvalue weighted by atomic mass is 19.4. The van der Waals surface area contributed by atoms with Crippen LogP contribution in [0.5, 0.6) is 0 Å². The number of benzene rings is 1. The molecule has 4 heterocycles. The summed E-state index contributed by atoms with van der Waals surface area (Å²) in [7, 11) is 0. The molecule has 0 amide bonds.